The highest BCUT2D eigenvalue weighted by atomic mass is 16.5. The van der Waals surface area contributed by atoms with Gasteiger partial charge >= 0.3 is 0 Å². The average molecular weight is 274 g/mol. The number of nitrogens with zero attached hydrogens (tertiary/aromatic N) is 2. The van der Waals surface area contributed by atoms with Gasteiger partial charge in [0.1, 0.15) is 12.4 Å². The summed E-state index contributed by atoms with van der Waals surface area (Å²) in [7, 11) is 2.12. The highest BCUT2D eigenvalue weighted by molar-refractivity contribution is 5.34. The van der Waals surface area contributed by atoms with Crippen molar-refractivity contribution in [3.8, 4) is 11.8 Å². The molecule has 0 N–H and O–H groups in total. The van der Waals surface area contributed by atoms with Crippen molar-refractivity contribution in [3.63, 3.8) is 0 Å². The molecule has 0 spiro atoms. The van der Waals surface area contributed by atoms with Gasteiger partial charge in [0.25, 0.3) is 0 Å². The average Bonchev–Trinajstić information content (AvgIpc) is 2.49. The summed E-state index contributed by atoms with van der Waals surface area (Å²) in [5.74, 6) is 1.47. The summed E-state index contributed by atoms with van der Waals surface area (Å²) in [5, 5.41) is 8.73. The lowest BCUT2D eigenvalue weighted by molar-refractivity contribution is 0.0405. The van der Waals surface area contributed by atoms with Gasteiger partial charge in [-0.05, 0) is 50.1 Å². The van der Waals surface area contributed by atoms with Gasteiger partial charge in [-0.1, -0.05) is 0 Å². The molecule has 1 heterocycles. The molecule has 0 bridgehead atoms. The van der Waals surface area contributed by atoms with E-state index in [-0.39, 0.29) is 0 Å². The zero-order valence-corrected chi connectivity index (χ0v) is 12.0. The minimum Gasteiger partial charge on any atom is -0.492 e. The molecule has 1 unspecified atom stereocenters. The van der Waals surface area contributed by atoms with E-state index in [1.807, 2.05) is 12.1 Å². The number of hydrogen-bond acceptors (Lipinski definition) is 4. The van der Waals surface area contributed by atoms with E-state index in [1.165, 1.54) is 12.8 Å². The summed E-state index contributed by atoms with van der Waals surface area (Å²) in [4.78, 5) is 2.29. The van der Waals surface area contributed by atoms with Crippen molar-refractivity contribution in [2.45, 2.75) is 12.8 Å². The Morgan fingerprint density at radius 1 is 1.40 bits per heavy atom. The van der Waals surface area contributed by atoms with E-state index in [9.17, 15) is 0 Å². The molecule has 0 aliphatic carbocycles. The van der Waals surface area contributed by atoms with Crippen LogP contribution in [0.25, 0.3) is 0 Å². The first-order chi connectivity index (χ1) is 9.78. The Labute approximate surface area is 120 Å². The van der Waals surface area contributed by atoms with Crippen molar-refractivity contribution in [2.75, 3.05) is 40.0 Å². The van der Waals surface area contributed by atoms with Crippen LogP contribution < -0.4 is 4.74 Å². The molecular weight excluding hydrogens is 252 g/mol. The lowest BCUT2D eigenvalue weighted by Gasteiger charge is -2.27. The summed E-state index contributed by atoms with van der Waals surface area (Å²) in [5.41, 5.74) is 0.659. The molecule has 1 aliphatic rings. The molecule has 20 heavy (non-hydrogen) atoms. The molecule has 1 saturated heterocycles. The van der Waals surface area contributed by atoms with Crippen LogP contribution >= 0.6 is 0 Å². The summed E-state index contributed by atoms with van der Waals surface area (Å²) in [6, 6.07) is 9.33. The molecule has 1 atom stereocenters. The van der Waals surface area contributed by atoms with Crippen molar-refractivity contribution in [1.29, 1.82) is 5.26 Å². The first-order valence-electron chi connectivity index (χ1n) is 7.17. The molecule has 0 radical (unpaired) electrons. The normalized spacial score (nSPS) is 18.8. The van der Waals surface area contributed by atoms with Crippen molar-refractivity contribution < 1.29 is 9.47 Å². The van der Waals surface area contributed by atoms with Crippen LogP contribution in [0.2, 0.25) is 0 Å². The summed E-state index contributed by atoms with van der Waals surface area (Å²) < 4.78 is 11.2. The SMILES string of the molecule is CN(CCOc1ccc(C#N)cc1)CC1CCCOC1. The van der Waals surface area contributed by atoms with Crippen LogP contribution in [0.4, 0.5) is 0 Å². The second kappa shape index (κ2) is 7.88. The molecule has 0 amide bonds. The summed E-state index contributed by atoms with van der Waals surface area (Å²) in [6.45, 7) is 4.44. The molecule has 4 nitrogen and oxygen atoms in total. The predicted octanol–water partition coefficient (Wildman–Crippen LogP) is 2.30. The Morgan fingerprint density at radius 2 is 2.20 bits per heavy atom. The smallest absolute Gasteiger partial charge is 0.119 e. The van der Waals surface area contributed by atoms with Gasteiger partial charge in [0.2, 0.25) is 0 Å². The maximum absolute atomic E-state index is 8.73. The third-order valence-corrected chi connectivity index (χ3v) is 3.55. The van der Waals surface area contributed by atoms with Crippen LogP contribution in [0.15, 0.2) is 24.3 Å². The van der Waals surface area contributed by atoms with E-state index in [0.717, 1.165) is 32.1 Å². The third-order valence-electron chi connectivity index (χ3n) is 3.55. The molecule has 1 aromatic carbocycles. The molecule has 108 valence electrons. The first kappa shape index (κ1) is 14.8. The first-order valence-corrected chi connectivity index (χ1v) is 7.17. The molecule has 1 aromatic rings. The Balaban J connectivity index is 1.65. The van der Waals surface area contributed by atoms with Crippen LogP contribution in [0, 0.1) is 17.2 Å². The third kappa shape index (κ3) is 4.84. The summed E-state index contributed by atoms with van der Waals surface area (Å²) >= 11 is 0. The fraction of sp³-hybridized carbons (Fsp3) is 0.562. The van der Waals surface area contributed by atoms with Crippen LogP contribution in [0.3, 0.4) is 0 Å². The lowest BCUT2D eigenvalue weighted by atomic mass is 10.0. The fourth-order valence-electron chi connectivity index (χ4n) is 2.43. The van der Waals surface area contributed by atoms with E-state index in [0.29, 0.717) is 18.1 Å². The predicted molar refractivity (Wildman–Crippen MR) is 77.7 cm³/mol. The van der Waals surface area contributed by atoms with E-state index in [2.05, 4.69) is 18.0 Å². The van der Waals surface area contributed by atoms with Crippen molar-refractivity contribution in [3.05, 3.63) is 29.8 Å². The van der Waals surface area contributed by atoms with Crippen LogP contribution in [-0.4, -0.2) is 44.9 Å². The molecular formula is C16H22N2O2. The van der Waals surface area contributed by atoms with Gasteiger partial charge in [0.15, 0.2) is 0 Å². The number of hydrogen-bond donors (Lipinski definition) is 0. The van der Waals surface area contributed by atoms with Crippen LogP contribution in [0.5, 0.6) is 5.75 Å². The second-order valence-corrected chi connectivity index (χ2v) is 5.33. The van der Waals surface area contributed by atoms with Gasteiger partial charge in [0, 0.05) is 19.7 Å². The highest BCUT2D eigenvalue weighted by Gasteiger charge is 2.15. The standard InChI is InChI=1S/C16H22N2O2/c1-18(12-15-3-2-9-19-13-15)8-10-20-16-6-4-14(11-17)5-7-16/h4-7,15H,2-3,8-10,12-13H2,1H3. The van der Waals surface area contributed by atoms with Crippen molar-refractivity contribution in [1.82, 2.24) is 4.90 Å². The molecule has 4 heteroatoms. The topological polar surface area (TPSA) is 45.5 Å². The minimum absolute atomic E-state index is 0.656. The van der Waals surface area contributed by atoms with Gasteiger partial charge in [-0.25, -0.2) is 0 Å². The molecule has 1 aliphatic heterocycles. The Kier molecular flexibility index (Phi) is 5.85. The highest BCUT2D eigenvalue weighted by Crippen LogP contribution is 2.14. The second-order valence-electron chi connectivity index (χ2n) is 5.33. The molecule has 0 saturated carbocycles. The van der Waals surface area contributed by atoms with Crippen LogP contribution in [-0.2, 0) is 4.74 Å². The van der Waals surface area contributed by atoms with E-state index in [4.69, 9.17) is 14.7 Å². The molecule has 2 rings (SSSR count). The van der Waals surface area contributed by atoms with Crippen LogP contribution in [0.1, 0.15) is 18.4 Å². The quantitative estimate of drug-likeness (QED) is 0.798. The number of likely N-dealkylation sites (N-methyl/N-ethyl adjacent to an activating group) is 1. The number of benzene rings is 1. The number of nitriles is 1. The van der Waals surface area contributed by atoms with E-state index >= 15 is 0 Å². The minimum atomic E-state index is 0.656. The molecule has 0 aromatic heterocycles. The number of rotatable bonds is 6. The molecule has 1 fully saturated rings. The largest absolute Gasteiger partial charge is 0.492 e. The maximum atomic E-state index is 8.73. The zero-order valence-electron chi connectivity index (χ0n) is 12.0. The van der Waals surface area contributed by atoms with Gasteiger partial charge in [-0.15, -0.1) is 0 Å². The fourth-order valence-corrected chi connectivity index (χ4v) is 2.43. The number of ether oxygens (including phenoxy) is 2. The Hall–Kier alpha value is -1.57. The van der Waals surface area contributed by atoms with Gasteiger partial charge in [0.05, 0.1) is 18.2 Å². The van der Waals surface area contributed by atoms with Crippen molar-refractivity contribution in [2.24, 2.45) is 5.92 Å². The monoisotopic (exact) mass is 274 g/mol. The van der Waals surface area contributed by atoms with Gasteiger partial charge < -0.3 is 14.4 Å². The Bertz CT molecular complexity index is 433. The maximum Gasteiger partial charge on any atom is 0.119 e. The van der Waals surface area contributed by atoms with Crippen molar-refractivity contribution >= 4 is 0 Å². The summed E-state index contributed by atoms with van der Waals surface area (Å²) in [6.07, 6.45) is 2.45. The van der Waals surface area contributed by atoms with Gasteiger partial charge in [-0.2, -0.15) is 5.26 Å². The van der Waals surface area contributed by atoms with E-state index < -0.39 is 0 Å². The Morgan fingerprint density at radius 3 is 2.85 bits per heavy atom. The van der Waals surface area contributed by atoms with E-state index in [1.54, 1.807) is 12.1 Å². The van der Waals surface area contributed by atoms with Gasteiger partial charge in [-0.3, -0.25) is 0 Å². The lowest BCUT2D eigenvalue weighted by Crippen LogP contribution is -2.33. The zero-order chi connectivity index (χ0) is 14.2.